The van der Waals surface area contributed by atoms with Crippen LogP contribution in [0.3, 0.4) is 0 Å². The first kappa shape index (κ1) is 18.2. The van der Waals surface area contributed by atoms with Crippen molar-refractivity contribution in [3.05, 3.63) is 59.7 Å². The number of hydrogen-bond acceptors (Lipinski definition) is 4. The van der Waals surface area contributed by atoms with Gasteiger partial charge in [-0.2, -0.15) is 0 Å². The van der Waals surface area contributed by atoms with Gasteiger partial charge in [0, 0.05) is 5.56 Å². The zero-order valence-corrected chi connectivity index (χ0v) is 13.6. The van der Waals surface area contributed by atoms with Gasteiger partial charge >= 0.3 is 0 Å². The summed E-state index contributed by atoms with van der Waals surface area (Å²) in [5, 5.41) is 20.3. The number of hydroxylamine groups is 1. The minimum atomic E-state index is -1.27. The van der Waals surface area contributed by atoms with Crippen LogP contribution in [0.4, 0.5) is 0 Å². The first-order chi connectivity index (χ1) is 12.0. The molecule has 0 saturated carbocycles. The van der Waals surface area contributed by atoms with Gasteiger partial charge in [0.1, 0.15) is 6.04 Å². The van der Waals surface area contributed by atoms with Crippen LogP contribution in [0.2, 0.25) is 0 Å². The minimum Gasteiger partial charge on any atom is -0.391 e. The number of hydrogen-bond donors (Lipinski definition) is 4. The number of rotatable bonds is 4. The number of terminal acetylenes is 1. The van der Waals surface area contributed by atoms with Crippen LogP contribution in [0, 0.1) is 12.3 Å². The Kier molecular flexibility index (Phi) is 5.90. The lowest BCUT2D eigenvalue weighted by Crippen LogP contribution is -2.51. The smallest absolute Gasteiger partial charge is 0.268 e. The van der Waals surface area contributed by atoms with Gasteiger partial charge in [0.05, 0.1) is 11.7 Å². The quantitative estimate of drug-likeness (QED) is 0.328. The van der Waals surface area contributed by atoms with Crippen LogP contribution < -0.4 is 10.8 Å². The van der Waals surface area contributed by atoms with Crippen molar-refractivity contribution in [3.8, 4) is 23.5 Å². The Morgan fingerprint density at radius 1 is 1.08 bits per heavy atom. The molecule has 3 rings (SSSR count). The average Bonchev–Trinajstić information content (AvgIpc) is 2.61. The lowest BCUT2D eigenvalue weighted by Gasteiger charge is -2.19. The second kappa shape index (κ2) is 8.11. The van der Waals surface area contributed by atoms with Crippen LogP contribution in [-0.4, -0.2) is 34.3 Å². The third kappa shape index (κ3) is 4.23. The molecule has 2 atom stereocenters. The second-order valence-electron chi connectivity index (χ2n) is 5.44. The number of fused-ring (bicyclic) bond motifs is 1. The summed E-state index contributed by atoms with van der Waals surface area (Å²) in [6.45, 7) is 1.31. The molecule has 0 saturated heterocycles. The highest BCUT2D eigenvalue weighted by Gasteiger charge is 2.26. The molecule has 25 heavy (non-hydrogen) atoms. The molecule has 0 aromatic heterocycles. The summed E-state index contributed by atoms with van der Waals surface area (Å²) >= 11 is 0. The van der Waals surface area contributed by atoms with E-state index < -0.39 is 24.0 Å². The zero-order chi connectivity index (χ0) is 18.4. The van der Waals surface area contributed by atoms with Crippen LogP contribution in [0.15, 0.2) is 48.5 Å². The van der Waals surface area contributed by atoms with Gasteiger partial charge in [0.25, 0.3) is 11.8 Å². The molecule has 1 aromatic rings. The van der Waals surface area contributed by atoms with Crippen molar-refractivity contribution in [1.29, 1.82) is 0 Å². The third-order valence-corrected chi connectivity index (χ3v) is 3.71. The molecular weight excluding hydrogens is 320 g/mol. The van der Waals surface area contributed by atoms with Crippen molar-refractivity contribution >= 4 is 11.8 Å². The highest BCUT2D eigenvalue weighted by atomic mass is 16.5. The van der Waals surface area contributed by atoms with Crippen molar-refractivity contribution in [2.75, 3.05) is 0 Å². The topological polar surface area (TPSA) is 98.7 Å². The largest absolute Gasteiger partial charge is 0.391 e. The molecule has 0 aliphatic heterocycles. The summed E-state index contributed by atoms with van der Waals surface area (Å²) in [7, 11) is 0. The molecule has 0 heterocycles. The predicted molar refractivity (Wildman–Crippen MR) is 92.7 cm³/mol. The van der Waals surface area contributed by atoms with E-state index in [4.69, 9.17) is 11.6 Å². The lowest BCUT2D eigenvalue weighted by molar-refractivity contribution is -0.133. The summed E-state index contributed by atoms with van der Waals surface area (Å²) < 4.78 is 0. The van der Waals surface area contributed by atoms with E-state index in [0.717, 1.165) is 0 Å². The van der Waals surface area contributed by atoms with Gasteiger partial charge in [-0.1, -0.05) is 42.3 Å². The molecule has 0 bridgehead atoms. The van der Waals surface area contributed by atoms with Crippen molar-refractivity contribution in [2.45, 2.75) is 19.1 Å². The molecular formula is C19H18N2O4. The van der Waals surface area contributed by atoms with E-state index in [9.17, 15) is 14.7 Å². The highest BCUT2D eigenvalue weighted by Crippen LogP contribution is 2.29. The van der Waals surface area contributed by atoms with Crippen LogP contribution >= 0.6 is 0 Å². The van der Waals surface area contributed by atoms with Gasteiger partial charge in [-0.15, -0.1) is 6.42 Å². The molecule has 128 valence electrons. The SMILES string of the molecule is C#Cc1ccccc1C(=O)NC(C(=O)NO)C(C)O.c1cc2ccc1-2. The maximum atomic E-state index is 12.0. The predicted octanol–water partition coefficient (Wildman–Crippen LogP) is 1.32. The molecule has 0 radical (unpaired) electrons. The van der Waals surface area contributed by atoms with Gasteiger partial charge in [0.2, 0.25) is 0 Å². The molecule has 2 aliphatic carbocycles. The van der Waals surface area contributed by atoms with Crippen LogP contribution in [0.1, 0.15) is 22.8 Å². The lowest BCUT2D eigenvalue weighted by atomic mass is 9.95. The summed E-state index contributed by atoms with van der Waals surface area (Å²) in [5.74, 6) is 0.825. The number of benzene rings is 2. The Hall–Kier alpha value is -3.14. The fraction of sp³-hybridized carbons (Fsp3) is 0.158. The molecule has 0 fully saturated rings. The first-order valence-corrected chi connectivity index (χ1v) is 7.57. The number of aliphatic hydroxyl groups excluding tert-OH is 1. The van der Waals surface area contributed by atoms with Gasteiger partial charge in [-0.25, -0.2) is 5.48 Å². The average molecular weight is 338 g/mol. The Bertz CT molecular complexity index is 786. The molecule has 6 nitrogen and oxygen atoms in total. The number of carbonyl (C=O) groups excluding carboxylic acids is 2. The summed E-state index contributed by atoms with van der Waals surface area (Å²) in [5.41, 5.74) is 4.81. The Balaban J connectivity index is 0.000000306. The van der Waals surface area contributed by atoms with E-state index >= 15 is 0 Å². The van der Waals surface area contributed by atoms with Gasteiger partial charge < -0.3 is 10.4 Å². The fourth-order valence-corrected chi connectivity index (χ4v) is 2.16. The zero-order valence-electron chi connectivity index (χ0n) is 13.6. The van der Waals surface area contributed by atoms with Gasteiger partial charge in [0.15, 0.2) is 0 Å². The van der Waals surface area contributed by atoms with E-state index in [-0.39, 0.29) is 5.56 Å². The maximum absolute atomic E-state index is 12.0. The van der Waals surface area contributed by atoms with Gasteiger partial charge in [-0.05, 0) is 30.2 Å². The Morgan fingerprint density at radius 3 is 2.04 bits per heavy atom. The molecule has 2 amide bonds. The number of aliphatic hydroxyl groups is 1. The second-order valence-corrected chi connectivity index (χ2v) is 5.44. The molecule has 1 aromatic carbocycles. The van der Waals surface area contributed by atoms with Crippen molar-refractivity contribution in [3.63, 3.8) is 0 Å². The minimum absolute atomic E-state index is 0.210. The highest BCUT2D eigenvalue weighted by molar-refractivity contribution is 5.99. The van der Waals surface area contributed by atoms with E-state index in [1.165, 1.54) is 29.6 Å². The van der Waals surface area contributed by atoms with E-state index in [1.807, 2.05) is 0 Å². The first-order valence-electron chi connectivity index (χ1n) is 7.57. The Morgan fingerprint density at radius 2 is 1.64 bits per heavy atom. The normalized spacial score (nSPS) is 12.6. The van der Waals surface area contributed by atoms with Crippen molar-refractivity contribution in [2.24, 2.45) is 0 Å². The molecule has 2 aliphatic rings. The molecule has 0 spiro atoms. The van der Waals surface area contributed by atoms with Crippen LogP contribution in [0.25, 0.3) is 11.1 Å². The maximum Gasteiger partial charge on any atom is 0.268 e. The van der Waals surface area contributed by atoms with E-state index in [1.54, 1.807) is 18.2 Å². The number of carbonyl (C=O) groups is 2. The fourth-order valence-electron chi connectivity index (χ4n) is 2.16. The third-order valence-electron chi connectivity index (χ3n) is 3.71. The van der Waals surface area contributed by atoms with Gasteiger partial charge in [-0.3, -0.25) is 14.8 Å². The number of nitrogens with one attached hydrogen (secondary N) is 2. The summed E-state index contributed by atoms with van der Waals surface area (Å²) in [4.78, 5) is 23.3. The standard InChI is InChI=1S/C13H14N2O4.C6H4/c1-3-9-6-4-5-7-10(9)12(17)14-11(8(2)16)13(18)15-19;1-2-6-4-3-5(1)6/h1,4-8,11,16,19H,2H3,(H,14,17)(H,15,18);1-4H. The van der Waals surface area contributed by atoms with E-state index in [0.29, 0.717) is 5.56 Å². The van der Waals surface area contributed by atoms with Crippen molar-refractivity contribution < 1.29 is 19.9 Å². The molecule has 4 N–H and O–H groups in total. The van der Waals surface area contributed by atoms with Crippen LogP contribution in [-0.2, 0) is 4.79 Å². The van der Waals surface area contributed by atoms with Crippen LogP contribution in [0.5, 0.6) is 0 Å². The summed E-state index contributed by atoms with van der Waals surface area (Å²) in [6, 6.07) is 13.6. The van der Waals surface area contributed by atoms with E-state index in [2.05, 4.69) is 35.5 Å². The molecule has 6 heteroatoms. The number of amides is 2. The molecule has 2 unspecified atom stereocenters. The van der Waals surface area contributed by atoms with Crippen molar-refractivity contribution in [1.82, 2.24) is 10.8 Å². The monoisotopic (exact) mass is 338 g/mol. The summed E-state index contributed by atoms with van der Waals surface area (Å²) in [6.07, 6.45) is 4.09. The Labute approximate surface area is 145 Å².